The molecule has 28 heavy (non-hydrogen) atoms. The molecule has 4 rings (SSSR count). The van der Waals surface area contributed by atoms with E-state index >= 15 is 4.39 Å². The molecule has 0 unspecified atom stereocenters. The Morgan fingerprint density at radius 2 is 1.86 bits per heavy atom. The molecule has 0 bridgehead atoms. The summed E-state index contributed by atoms with van der Waals surface area (Å²) in [4.78, 5) is 5.90. The van der Waals surface area contributed by atoms with Crippen LogP contribution in [0, 0.1) is 24.4 Å². The van der Waals surface area contributed by atoms with Crippen molar-refractivity contribution in [2.75, 3.05) is 30.5 Å². The molecular formula is C19H20F3N5O. The molecule has 148 valence electrons. The summed E-state index contributed by atoms with van der Waals surface area (Å²) in [6, 6.07) is 6.56. The van der Waals surface area contributed by atoms with Gasteiger partial charge in [-0.3, -0.25) is 0 Å². The fourth-order valence-corrected chi connectivity index (χ4v) is 2.98. The zero-order valence-corrected chi connectivity index (χ0v) is 15.3. The zero-order chi connectivity index (χ0) is 19.8. The summed E-state index contributed by atoms with van der Waals surface area (Å²) in [5, 5.41) is 6.97. The molecule has 1 fully saturated rings. The summed E-state index contributed by atoms with van der Waals surface area (Å²) < 4.78 is 48.2. The van der Waals surface area contributed by atoms with Gasteiger partial charge in [0.05, 0.1) is 36.3 Å². The van der Waals surface area contributed by atoms with Gasteiger partial charge in [-0.15, -0.1) is 5.10 Å². The van der Waals surface area contributed by atoms with Crippen LogP contribution >= 0.6 is 0 Å². The number of hydrogen-bond donors (Lipinski definition) is 1. The number of nitrogens with one attached hydrogen (secondary N) is 1. The fraction of sp³-hybridized carbons (Fsp3) is 0.263. The lowest BCUT2D eigenvalue weighted by molar-refractivity contribution is 0.00994. The molecule has 0 radical (unpaired) electrons. The van der Waals surface area contributed by atoms with Crippen LogP contribution in [0.3, 0.4) is 0 Å². The molecule has 0 amide bonds. The Labute approximate surface area is 161 Å². The predicted octanol–water partition coefficient (Wildman–Crippen LogP) is 3.82. The van der Waals surface area contributed by atoms with E-state index < -0.39 is 17.5 Å². The van der Waals surface area contributed by atoms with E-state index in [1.165, 1.54) is 11.0 Å². The molecule has 0 spiro atoms. The average Bonchev–Trinajstić information content (AvgIpc) is 3.04. The molecule has 0 saturated carbocycles. The van der Waals surface area contributed by atoms with E-state index in [-0.39, 0.29) is 24.8 Å². The largest absolute Gasteiger partial charge is 0.377 e. The van der Waals surface area contributed by atoms with Crippen LogP contribution in [0.15, 0.2) is 36.7 Å². The number of ether oxygens (including phenoxy) is 1. The van der Waals surface area contributed by atoms with Crippen molar-refractivity contribution in [3.05, 3.63) is 59.7 Å². The van der Waals surface area contributed by atoms with Gasteiger partial charge in [0.1, 0.15) is 18.0 Å². The first-order valence-electron chi connectivity index (χ1n) is 8.66. The van der Waals surface area contributed by atoms with Gasteiger partial charge in [0, 0.05) is 14.5 Å². The maximum absolute atomic E-state index is 15.0. The fourth-order valence-electron chi connectivity index (χ4n) is 2.98. The predicted molar refractivity (Wildman–Crippen MR) is 101 cm³/mol. The Morgan fingerprint density at radius 3 is 2.50 bits per heavy atom. The third kappa shape index (κ3) is 3.53. The highest BCUT2D eigenvalue weighted by Gasteiger charge is 2.26. The maximum Gasteiger partial charge on any atom is 0.247 e. The number of aryl methyl sites for hydroxylation is 1. The van der Waals surface area contributed by atoms with Crippen LogP contribution in [-0.2, 0) is 4.74 Å². The van der Waals surface area contributed by atoms with Crippen LogP contribution in [0.2, 0.25) is 0 Å². The van der Waals surface area contributed by atoms with E-state index in [1.54, 1.807) is 12.1 Å². The lowest BCUT2D eigenvalue weighted by Gasteiger charge is -2.36. The molecule has 6 nitrogen and oxygen atoms in total. The number of rotatable bonds is 5. The smallest absolute Gasteiger partial charge is 0.247 e. The summed E-state index contributed by atoms with van der Waals surface area (Å²) in [6.45, 7) is 2.98. The van der Waals surface area contributed by atoms with Crippen molar-refractivity contribution >= 4 is 17.3 Å². The minimum absolute atomic E-state index is 0. The standard InChI is InChI=1S/C19H18F3N5O.H2/c1-11-3-16(18(22)17(4-11)26(2)15-8-28-9-15)24-19-23-10-27(25-19)14-6-12(20)5-13(21)7-14;/h3-7,10,15H,8-9H2,1-2H3,(H,24,25);1H. The first-order valence-corrected chi connectivity index (χ1v) is 8.66. The molecule has 1 aromatic heterocycles. The van der Waals surface area contributed by atoms with Gasteiger partial charge >= 0.3 is 0 Å². The number of aromatic nitrogens is 3. The minimum Gasteiger partial charge on any atom is -0.377 e. The summed E-state index contributed by atoms with van der Waals surface area (Å²) in [6.07, 6.45) is 1.29. The first-order chi connectivity index (χ1) is 13.4. The molecule has 0 aliphatic carbocycles. The lowest BCUT2D eigenvalue weighted by atomic mass is 10.1. The number of likely N-dealkylation sites (N-methyl/N-ethyl adjacent to an activating group) is 1. The van der Waals surface area contributed by atoms with E-state index in [1.807, 2.05) is 18.9 Å². The van der Waals surface area contributed by atoms with Crippen LogP contribution in [0.25, 0.3) is 5.69 Å². The summed E-state index contributed by atoms with van der Waals surface area (Å²) in [5.74, 6) is -1.78. The number of halogens is 3. The van der Waals surface area contributed by atoms with Gasteiger partial charge in [-0.25, -0.2) is 17.9 Å². The van der Waals surface area contributed by atoms with Crippen molar-refractivity contribution < 1.29 is 19.3 Å². The molecule has 2 aromatic carbocycles. The summed E-state index contributed by atoms with van der Waals surface area (Å²) in [7, 11) is 1.82. The normalized spacial score (nSPS) is 14.0. The van der Waals surface area contributed by atoms with Crippen molar-refractivity contribution in [1.29, 1.82) is 0 Å². The SMILES string of the molecule is Cc1cc(Nc2ncn(-c3cc(F)cc(F)c3)n2)c(F)c(N(C)C2COC2)c1.[HH]. The Hall–Kier alpha value is -3.07. The highest BCUT2D eigenvalue weighted by molar-refractivity contribution is 5.65. The number of nitrogens with zero attached hydrogens (tertiary/aromatic N) is 4. The van der Waals surface area contributed by atoms with Gasteiger partial charge in [-0.1, -0.05) is 0 Å². The van der Waals surface area contributed by atoms with Crippen LogP contribution in [-0.4, -0.2) is 41.1 Å². The van der Waals surface area contributed by atoms with Crippen LogP contribution < -0.4 is 10.2 Å². The van der Waals surface area contributed by atoms with E-state index in [0.29, 0.717) is 18.9 Å². The maximum atomic E-state index is 15.0. The Morgan fingerprint density at radius 1 is 1.14 bits per heavy atom. The van der Waals surface area contributed by atoms with E-state index in [4.69, 9.17) is 4.74 Å². The van der Waals surface area contributed by atoms with E-state index in [2.05, 4.69) is 15.4 Å². The third-order valence-corrected chi connectivity index (χ3v) is 4.60. The van der Waals surface area contributed by atoms with Gasteiger partial charge in [0.2, 0.25) is 5.95 Å². The van der Waals surface area contributed by atoms with Crippen LogP contribution in [0.4, 0.5) is 30.5 Å². The van der Waals surface area contributed by atoms with Gasteiger partial charge in [-0.05, 0) is 36.8 Å². The van der Waals surface area contributed by atoms with Crippen molar-refractivity contribution in [1.82, 2.24) is 14.8 Å². The number of hydrogen-bond acceptors (Lipinski definition) is 5. The average molecular weight is 391 g/mol. The molecular weight excluding hydrogens is 371 g/mol. The molecule has 9 heteroatoms. The number of benzene rings is 2. The van der Waals surface area contributed by atoms with Crippen molar-refractivity contribution in [3.63, 3.8) is 0 Å². The van der Waals surface area contributed by atoms with E-state index in [0.717, 1.165) is 23.8 Å². The second-order valence-corrected chi connectivity index (χ2v) is 6.71. The quantitative estimate of drug-likeness (QED) is 0.717. The van der Waals surface area contributed by atoms with Crippen LogP contribution in [0.5, 0.6) is 0 Å². The molecule has 1 saturated heterocycles. The highest BCUT2D eigenvalue weighted by atomic mass is 19.1. The Bertz CT molecular complexity index is 1000. The van der Waals surface area contributed by atoms with Crippen molar-refractivity contribution in [2.45, 2.75) is 13.0 Å². The second kappa shape index (κ2) is 7.16. The second-order valence-electron chi connectivity index (χ2n) is 6.71. The number of anilines is 3. The van der Waals surface area contributed by atoms with Gasteiger partial charge < -0.3 is 15.0 Å². The minimum atomic E-state index is -0.725. The summed E-state index contributed by atoms with van der Waals surface area (Å²) in [5.41, 5.74) is 1.69. The molecule has 1 N–H and O–H groups in total. The first kappa shape index (κ1) is 18.3. The van der Waals surface area contributed by atoms with Gasteiger partial charge in [-0.2, -0.15) is 4.98 Å². The lowest BCUT2D eigenvalue weighted by Crippen LogP contribution is -2.47. The van der Waals surface area contributed by atoms with Gasteiger partial charge in [0.15, 0.2) is 5.82 Å². The molecule has 0 atom stereocenters. The molecule has 3 aromatic rings. The monoisotopic (exact) mass is 391 g/mol. The highest BCUT2D eigenvalue weighted by Crippen LogP contribution is 2.31. The zero-order valence-electron chi connectivity index (χ0n) is 15.3. The molecule has 1 aliphatic rings. The summed E-state index contributed by atoms with van der Waals surface area (Å²) >= 11 is 0. The van der Waals surface area contributed by atoms with Crippen LogP contribution in [0.1, 0.15) is 6.99 Å². The van der Waals surface area contributed by atoms with Crippen molar-refractivity contribution in [2.24, 2.45) is 0 Å². The van der Waals surface area contributed by atoms with Gasteiger partial charge in [0.25, 0.3) is 0 Å². The molecule has 1 aliphatic heterocycles. The topological polar surface area (TPSA) is 55.2 Å². The third-order valence-electron chi connectivity index (χ3n) is 4.60. The Balaban J connectivity index is 0.00000240. The Kier molecular flexibility index (Phi) is 4.68. The van der Waals surface area contributed by atoms with E-state index in [9.17, 15) is 8.78 Å². The van der Waals surface area contributed by atoms with Crippen molar-refractivity contribution in [3.8, 4) is 5.69 Å². The molecule has 2 heterocycles.